The van der Waals surface area contributed by atoms with E-state index >= 15 is 0 Å². The van der Waals surface area contributed by atoms with E-state index in [9.17, 15) is 0 Å². The Kier molecular flexibility index (Phi) is 111. The Morgan fingerprint density at radius 2 is 0.250 bits per heavy atom. The highest BCUT2D eigenvalue weighted by Gasteiger charge is 1.94. The summed E-state index contributed by atoms with van der Waals surface area (Å²) in [6, 6.07) is 0. The maximum absolute atomic E-state index is 5.42. The summed E-state index contributed by atoms with van der Waals surface area (Å²) >= 11 is 0. The third-order valence-corrected chi connectivity index (χ3v) is 10.2. The van der Waals surface area contributed by atoms with Gasteiger partial charge in [-0.1, -0.05) is 259 Å². The molecule has 0 aromatic carbocycles. The molecule has 0 aromatic rings. The van der Waals surface area contributed by atoms with Crippen molar-refractivity contribution in [2.75, 3.05) is 26.2 Å². The van der Waals surface area contributed by atoms with Crippen LogP contribution >= 0.6 is 49.6 Å². The first-order chi connectivity index (χ1) is 25.7. The fraction of sp³-hybridized carbons (Fsp3) is 1.00. The van der Waals surface area contributed by atoms with Crippen molar-refractivity contribution in [3.63, 3.8) is 0 Å². The Morgan fingerprint density at radius 3 is 0.339 bits per heavy atom. The number of rotatable bonds is 40. The highest BCUT2D eigenvalue weighted by Crippen LogP contribution is 2.13. The van der Waals surface area contributed by atoms with Gasteiger partial charge in [-0.25, -0.2) is 0 Å². The summed E-state index contributed by atoms with van der Waals surface area (Å²) in [6.07, 6.45) is 55.7. The van der Waals surface area contributed by atoms with Crippen LogP contribution in [0.5, 0.6) is 0 Å². The predicted molar refractivity (Wildman–Crippen MR) is 273 cm³/mol. The molecule has 0 fully saturated rings. The third kappa shape index (κ3) is 95.4. The number of hydrogen-bond donors (Lipinski definition) is 4. The monoisotopic (exact) mass is 885 g/mol. The van der Waals surface area contributed by atoms with Crippen molar-refractivity contribution < 1.29 is 0 Å². The van der Waals surface area contributed by atoms with Crippen LogP contribution in [-0.2, 0) is 0 Å². The van der Waals surface area contributed by atoms with Gasteiger partial charge in [0.05, 0.1) is 0 Å². The highest BCUT2D eigenvalue weighted by molar-refractivity contribution is 5.86. The Bertz CT molecular complexity index is 394. The second-order valence-electron chi connectivity index (χ2n) is 15.9. The van der Waals surface area contributed by atoms with E-state index in [4.69, 9.17) is 22.9 Å². The van der Waals surface area contributed by atoms with Gasteiger partial charge in [-0.05, 0) is 51.9 Å². The molecule has 0 aliphatic carbocycles. The van der Waals surface area contributed by atoms with E-state index < -0.39 is 0 Å². The van der Waals surface area contributed by atoms with Gasteiger partial charge >= 0.3 is 0 Å². The van der Waals surface area contributed by atoms with Crippen LogP contribution in [0.25, 0.3) is 0 Å². The van der Waals surface area contributed by atoms with Gasteiger partial charge in [-0.2, -0.15) is 0 Å². The van der Waals surface area contributed by atoms with Crippen molar-refractivity contribution in [2.24, 2.45) is 22.9 Å². The topological polar surface area (TPSA) is 104 Å². The number of halogens is 4. The van der Waals surface area contributed by atoms with Gasteiger partial charge in [0.25, 0.3) is 0 Å². The Balaban J connectivity index is -0.0000000893. The summed E-state index contributed by atoms with van der Waals surface area (Å²) in [4.78, 5) is 0. The van der Waals surface area contributed by atoms with Crippen molar-refractivity contribution in [3.8, 4) is 0 Å². The SMILES string of the molecule is CCCCCCCCCCCCN.CCCCCCCCCCCCN.CCCCCCCCCCCCN.CCCCCCCCCCCCN.Cl.Cl.Cl.Cl. The van der Waals surface area contributed by atoms with Crippen LogP contribution in [0.2, 0.25) is 0 Å². The molecular weight excluding hydrogens is 774 g/mol. The van der Waals surface area contributed by atoms with Crippen LogP contribution in [-0.4, -0.2) is 26.2 Å². The first-order valence-electron chi connectivity index (χ1n) is 24.5. The van der Waals surface area contributed by atoms with E-state index in [0.29, 0.717) is 0 Å². The lowest BCUT2D eigenvalue weighted by Gasteiger charge is -2.00. The molecule has 0 amide bonds. The fourth-order valence-corrected chi connectivity index (χ4v) is 6.53. The largest absolute Gasteiger partial charge is 0.330 e. The van der Waals surface area contributed by atoms with Crippen LogP contribution in [0.4, 0.5) is 0 Å². The van der Waals surface area contributed by atoms with Gasteiger partial charge in [0.15, 0.2) is 0 Å². The molecule has 0 bridgehead atoms. The second kappa shape index (κ2) is 83.7. The van der Waals surface area contributed by atoms with E-state index in [1.807, 2.05) is 0 Å². The number of nitrogens with two attached hydrogens (primary N) is 4. The zero-order valence-corrected chi connectivity index (χ0v) is 42.3. The minimum absolute atomic E-state index is 0. The molecule has 0 unspecified atom stereocenters. The molecule has 8 N–H and O–H groups in total. The summed E-state index contributed by atoms with van der Waals surface area (Å²) in [7, 11) is 0. The number of hydrogen-bond acceptors (Lipinski definition) is 4. The van der Waals surface area contributed by atoms with Crippen molar-refractivity contribution in [1.29, 1.82) is 0 Å². The van der Waals surface area contributed by atoms with E-state index in [2.05, 4.69) is 27.7 Å². The second-order valence-corrected chi connectivity index (χ2v) is 15.9. The lowest BCUT2D eigenvalue weighted by molar-refractivity contribution is 0.558. The van der Waals surface area contributed by atoms with Gasteiger partial charge in [0, 0.05) is 0 Å². The zero-order chi connectivity index (χ0) is 39.1. The Labute approximate surface area is 381 Å². The van der Waals surface area contributed by atoms with Crippen LogP contribution in [0, 0.1) is 0 Å². The molecule has 0 aliphatic rings. The predicted octanol–water partition coefficient (Wildman–Crippen LogP) is 17.2. The van der Waals surface area contributed by atoms with Crippen LogP contribution in [0.3, 0.4) is 0 Å². The molecule has 8 heteroatoms. The smallest absolute Gasteiger partial charge is 0.00773 e. The van der Waals surface area contributed by atoms with E-state index in [1.165, 1.54) is 257 Å². The first-order valence-corrected chi connectivity index (χ1v) is 24.5. The molecule has 0 aliphatic heterocycles. The zero-order valence-electron chi connectivity index (χ0n) is 39.1. The van der Waals surface area contributed by atoms with E-state index in [-0.39, 0.29) is 49.6 Å². The molecule has 352 valence electrons. The van der Waals surface area contributed by atoms with Gasteiger partial charge in [0.2, 0.25) is 0 Å². The van der Waals surface area contributed by atoms with Gasteiger partial charge in [-0.3, -0.25) is 0 Å². The first kappa shape index (κ1) is 74.4. The molecule has 0 saturated carbocycles. The van der Waals surface area contributed by atoms with Gasteiger partial charge in [-0.15, -0.1) is 49.6 Å². The molecule has 0 radical (unpaired) electrons. The summed E-state index contributed by atoms with van der Waals surface area (Å²) in [5.74, 6) is 0. The molecular formula is C48H112Cl4N4. The Hall–Kier alpha value is 1.00. The van der Waals surface area contributed by atoms with Gasteiger partial charge in [0.1, 0.15) is 0 Å². The molecule has 0 rings (SSSR count). The third-order valence-electron chi connectivity index (χ3n) is 10.2. The van der Waals surface area contributed by atoms with Crippen molar-refractivity contribution in [1.82, 2.24) is 0 Å². The average Bonchev–Trinajstić information content (AvgIpc) is 3.16. The molecule has 4 nitrogen and oxygen atoms in total. The highest BCUT2D eigenvalue weighted by atomic mass is 35.5. The van der Waals surface area contributed by atoms with Crippen molar-refractivity contribution in [2.45, 2.75) is 285 Å². The Morgan fingerprint density at radius 1 is 0.161 bits per heavy atom. The summed E-state index contributed by atoms with van der Waals surface area (Å²) in [5.41, 5.74) is 21.7. The lowest BCUT2D eigenvalue weighted by Crippen LogP contribution is -1.97. The maximum atomic E-state index is 5.42. The summed E-state index contributed by atoms with van der Waals surface area (Å²) in [6.45, 7) is 12.6. The molecule has 56 heavy (non-hydrogen) atoms. The quantitative estimate of drug-likeness (QED) is 0.0460. The van der Waals surface area contributed by atoms with Crippen LogP contribution in [0.15, 0.2) is 0 Å². The lowest BCUT2D eigenvalue weighted by atomic mass is 10.1. The summed E-state index contributed by atoms with van der Waals surface area (Å²) < 4.78 is 0. The minimum atomic E-state index is 0. The fourth-order valence-electron chi connectivity index (χ4n) is 6.53. The minimum Gasteiger partial charge on any atom is -0.330 e. The summed E-state index contributed by atoms with van der Waals surface area (Å²) in [5, 5.41) is 0. The van der Waals surface area contributed by atoms with Crippen molar-refractivity contribution >= 4 is 49.6 Å². The van der Waals surface area contributed by atoms with Gasteiger partial charge < -0.3 is 22.9 Å². The molecule has 0 heterocycles. The molecule has 0 aromatic heterocycles. The average molecular weight is 887 g/mol. The normalized spacial score (nSPS) is 9.86. The number of unbranched alkanes of at least 4 members (excludes halogenated alkanes) is 36. The van der Waals surface area contributed by atoms with E-state index in [1.54, 1.807) is 0 Å². The van der Waals surface area contributed by atoms with E-state index in [0.717, 1.165) is 26.2 Å². The molecule has 0 atom stereocenters. The molecule has 0 spiro atoms. The maximum Gasteiger partial charge on any atom is -0.00773 e. The van der Waals surface area contributed by atoms with Crippen LogP contribution in [0.1, 0.15) is 285 Å². The van der Waals surface area contributed by atoms with Crippen LogP contribution < -0.4 is 22.9 Å². The standard InChI is InChI=1S/4C12H27N.4ClH/c4*1-2-3-4-5-6-7-8-9-10-11-12-13;;;;/h4*2-13H2,1H3;4*1H. The molecule has 0 saturated heterocycles. The van der Waals surface area contributed by atoms with Crippen molar-refractivity contribution in [3.05, 3.63) is 0 Å².